The number of carbonyl (C=O) groups is 2. The summed E-state index contributed by atoms with van der Waals surface area (Å²) >= 11 is 0. The number of aliphatic hydroxyl groups is 1. The van der Waals surface area contributed by atoms with E-state index in [2.05, 4.69) is 6.58 Å². The van der Waals surface area contributed by atoms with Crippen LogP contribution >= 0.6 is 0 Å². The first-order chi connectivity index (χ1) is 11.9. The van der Waals surface area contributed by atoms with Gasteiger partial charge in [-0.2, -0.15) is 0 Å². The standard InChI is InChI=1S/C16H16O4.C3H4O2/c1-19-13-8-12(9-14(10-13)20-2)16(18)15(17)11-6-4-3-5-7-11;1-2-3(4)5/h3-10,16,18H,1-2H3;2H,1H2,(H,4,5)/p-1. The zero-order chi connectivity index (χ0) is 18.8. The third-order valence-corrected chi connectivity index (χ3v) is 3.16. The highest BCUT2D eigenvalue weighted by Crippen LogP contribution is 2.28. The molecule has 0 heterocycles. The SMILES string of the molecule is C=CC(=O)[O-].COc1cc(OC)cc(C(O)C(=O)c2ccccc2)c1. The lowest BCUT2D eigenvalue weighted by Crippen LogP contribution is -2.17. The molecule has 1 atom stereocenters. The lowest BCUT2D eigenvalue weighted by molar-refractivity contribution is -0.297. The first-order valence-corrected chi connectivity index (χ1v) is 7.26. The molecule has 1 unspecified atom stereocenters. The maximum Gasteiger partial charge on any atom is 0.195 e. The zero-order valence-corrected chi connectivity index (χ0v) is 14.0. The fourth-order valence-electron chi connectivity index (χ4n) is 1.90. The van der Waals surface area contributed by atoms with Crippen LogP contribution in [0, 0.1) is 0 Å². The van der Waals surface area contributed by atoms with Crippen LogP contribution in [0.4, 0.5) is 0 Å². The van der Waals surface area contributed by atoms with E-state index in [9.17, 15) is 9.90 Å². The molecule has 6 heteroatoms. The molecule has 0 amide bonds. The Kier molecular flexibility index (Phi) is 7.89. The average molecular weight is 343 g/mol. The maximum atomic E-state index is 12.2. The Labute approximate surface area is 145 Å². The second kappa shape index (κ2) is 9.89. The van der Waals surface area contributed by atoms with Crippen LogP contribution in [0.15, 0.2) is 61.2 Å². The van der Waals surface area contributed by atoms with Crippen molar-refractivity contribution < 1.29 is 29.3 Å². The molecule has 0 spiro atoms. The molecule has 0 fully saturated rings. The van der Waals surface area contributed by atoms with Crippen molar-refractivity contribution >= 4 is 11.8 Å². The number of carboxylic acids is 1. The van der Waals surface area contributed by atoms with Crippen molar-refractivity contribution in [3.8, 4) is 11.5 Å². The van der Waals surface area contributed by atoms with Crippen LogP contribution in [0.1, 0.15) is 22.0 Å². The van der Waals surface area contributed by atoms with E-state index in [0.717, 1.165) is 6.08 Å². The summed E-state index contributed by atoms with van der Waals surface area (Å²) in [6, 6.07) is 13.6. The smallest absolute Gasteiger partial charge is 0.195 e. The van der Waals surface area contributed by atoms with E-state index >= 15 is 0 Å². The number of hydrogen-bond acceptors (Lipinski definition) is 6. The third-order valence-electron chi connectivity index (χ3n) is 3.16. The van der Waals surface area contributed by atoms with Crippen LogP contribution in [-0.4, -0.2) is 31.1 Å². The highest BCUT2D eigenvalue weighted by molar-refractivity contribution is 5.99. The van der Waals surface area contributed by atoms with Gasteiger partial charge in [-0.1, -0.05) is 36.9 Å². The molecule has 0 saturated carbocycles. The number of aliphatic carboxylic acids is 1. The number of rotatable bonds is 6. The van der Waals surface area contributed by atoms with E-state index in [1.165, 1.54) is 14.2 Å². The monoisotopic (exact) mass is 343 g/mol. The Hall–Kier alpha value is -3.12. The number of carbonyl (C=O) groups excluding carboxylic acids is 2. The van der Waals surface area contributed by atoms with Crippen LogP contribution in [0.5, 0.6) is 11.5 Å². The molecule has 0 saturated heterocycles. The van der Waals surface area contributed by atoms with Crippen molar-refractivity contribution in [2.45, 2.75) is 6.10 Å². The minimum atomic E-state index is -1.25. The van der Waals surface area contributed by atoms with E-state index in [0.29, 0.717) is 22.6 Å². The molecule has 2 aromatic carbocycles. The number of hydrogen-bond donors (Lipinski definition) is 1. The Morgan fingerprint density at radius 3 is 1.96 bits per heavy atom. The van der Waals surface area contributed by atoms with Gasteiger partial charge in [-0.05, 0) is 23.8 Å². The van der Waals surface area contributed by atoms with Crippen molar-refractivity contribution in [2.24, 2.45) is 0 Å². The molecule has 0 aromatic heterocycles. The number of carboxylic acid groups (broad SMARTS) is 1. The number of benzene rings is 2. The molecular formula is C19H19O6-. The molecule has 25 heavy (non-hydrogen) atoms. The van der Waals surface area contributed by atoms with Gasteiger partial charge >= 0.3 is 0 Å². The van der Waals surface area contributed by atoms with Crippen LogP contribution in [0.2, 0.25) is 0 Å². The second-order valence-corrected chi connectivity index (χ2v) is 4.80. The van der Waals surface area contributed by atoms with Crippen molar-refractivity contribution in [3.05, 3.63) is 72.3 Å². The van der Waals surface area contributed by atoms with Crippen LogP contribution in [0.3, 0.4) is 0 Å². The summed E-state index contributed by atoms with van der Waals surface area (Å²) in [5.41, 5.74) is 0.900. The van der Waals surface area contributed by atoms with Gasteiger partial charge in [0.05, 0.1) is 20.2 Å². The summed E-state index contributed by atoms with van der Waals surface area (Å²) in [5.74, 6) is -0.538. The summed E-state index contributed by atoms with van der Waals surface area (Å²) in [6.07, 6.45) is -0.526. The van der Waals surface area contributed by atoms with Gasteiger partial charge in [0.25, 0.3) is 0 Å². The fraction of sp³-hybridized carbons (Fsp3) is 0.158. The minimum Gasteiger partial charge on any atom is -0.545 e. The van der Waals surface area contributed by atoms with Gasteiger partial charge in [0, 0.05) is 11.6 Å². The number of Topliss-reactive ketones (excluding diaryl/α,β-unsaturated/α-hetero) is 1. The number of aliphatic hydroxyl groups excluding tert-OH is 1. The molecule has 0 aliphatic rings. The summed E-state index contributed by atoms with van der Waals surface area (Å²) in [7, 11) is 3.04. The number of ketones is 1. The topological polar surface area (TPSA) is 95.9 Å². The number of ether oxygens (including phenoxy) is 2. The first kappa shape index (κ1) is 19.9. The Bertz CT molecular complexity index is 702. The van der Waals surface area contributed by atoms with E-state index < -0.39 is 12.1 Å². The van der Waals surface area contributed by atoms with Gasteiger partial charge in [0.1, 0.15) is 17.6 Å². The lowest BCUT2D eigenvalue weighted by Gasteiger charge is -2.13. The van der Waals surface area contributed by atoms with E-state index in [1.807, 2.05) is 6.07 Å². The number of methoxy groups -OCH3 is 2. The summed E-state index contributed by atoms with van der Waals surface area (Å²) in [5, 5.41) is 19.4. The molecule has 6 nitrogen and oxygen atoms in total. The Balaban J connectivity index is 0.000000550. The molecule has 0 radical (unpaired) electrons. The predicted molar refractivity (Wildman–Crippen MR) is 90.5 cm³/mol. The minimum absolute atomic E-state index is 0.360. The first-order valence-electron chi connectivity index (χ1n) is 7.26. The third kappa shape index (κ3) is 6.12. The van der Waals surface area contributed by atoms with Gasteiger partial charge in [0.15, 0.2) is 5.78 Å². The van der Waals surface area contributed by atoms with Gasteiger partial charge in [-0.3, -0.25) is 4.79 Å². The largest absolute Gasteiger partial charge is 0.545 e. The van der Waals surface area contributed by atoms with E-state index in [1.54, 1.807) is 42.5 Å². The Morgan fingerprint density at radius 2 is 1.56 bits per heavy atom. The Morgan fingerprint density at radius 1 is 1.08 bits per heavy atom. The fourth-order valence-corrected chi connectivity index (χ4v) is 1.90. The van der Waals surface area contributed by atoms with Crippen LogP contribution < -0.4 is 14.6 Å². The molecule has 0 aliphatic heterocycles. The maximum absolute atomic E-state index is 12.2. The summed E-state index contributed by atoms with van der Waals surface area (Å²) in [4.78, 5) is 21.4. The highest BCUT2D eigenvalue weighted by atomic mass is 16.5. The van der Waals surface area contributed by atoms with E-state index in [4.69, 9.17) is 19.4 Å². The van der Waals surface area contributed by atoms with Crippen LogP contribution in [0.25, 0.3) is 0 Å². The highest BCUT2D eigenvalue weighted by Gasteiger charge is 2.20. The molecule has 0 bridgehead atoms. The van der Waals surface area contributed by atoms with Gasteiger partial charge in [0.2, 0.25) is 0 Å². The summed E-state index contributed by atoms with van der Waals surface area (Å²) < 4.78 is 10.3. The van der Waals surface area contributed by atoms with Gasteiger partial charge in [-0.25, -0.2) is 0 Å². The van der Waals surface area contributed by atoms with Crippen molar-refractivity contribution in [2.75, 3.05) is 14.2 Å². The molecule has 2 aromatic rings. The molecule has 2 rings (SSSR count). The molecule has 132 valence electrons. The van der Waals surface area contributed by atoms with Crippen molar-refractivity contribution in [1.29, 1.82) is 0 Å². The normalized spacial score (nSPS) is 10.7. The lowest BCUT2D eigenvalue weighted by atomic mass is 9.99. The van der Waals surface area contributed by atoms with E-state index in [-0.39, 0.29) is 5.78 Å². The quantitative estimate of drug-likeness (QED) is 0.631. The molecular weight excluding hydrogens is 324 g/mol. The second-order valence-electron chi connectivity index (χ2n) is 4.80. The van der Waals surface area contributed by atoms with Gasteiger partial charge in [-0.15, -0.1) is 0 Å². The van der Waals surface area contributed by atoms with Crippen molar-refractivity contribution in [1.82, 2.24) is 0 Å². The summed E-state index contributed by atoms with van der Waals surface area (Å²) in [6.45, 7) is 2.90. The van der Waals surface area contributed by atoms with Crippen LogP contribution in [-0.2, 0) is 4.79 Å². The van der Waals surface area contributed by atoms with Gasteiger partial charge < -0.3 is 24.5 Å². The zero-order valence-electron chi connectivity index (χ0n) is 14.0. The van der Waals surface area contributed by atoms with Crippen molar-refractivity contribution in [3.63, 3.8) is 0 Å². The molecule has 1 N–H and O–H groups in total. The predicted octanol–water partition coefficient (Wildman–Crippen LogP) is 1.54. The average Bonchev–Trinajstić information content (AvgIpc) is 2.67. The molecule has 0 aliphatic carbocycles.